The predicted molar refractivity (Wildman–Crippen MR) is 125 cm³/mol. The molecule has 12 heteroatoms. The summed E-state index contributed by atoms with van der Waals surface area (Å²) in [5, 5.41) is 4.68. The summed E-state index contributed by atoms with van der Waals surface area (Å²) in [5.74, 6) is -1.02. The molecule has 3 aromatic carbocycles. The number of benzene rings is 3. The lowest BCUT2D eigenvalue weighted by atomic mass is 9.90. The van der Waals surface area contributed by atoms with Crippen molar-refractivity contribution in [1.29, 1.82) is 0 Å². The number of halogens is 6. The van der Waals surface area contributed by atoms with Gasteiger partial charge in [-0.15, -0.1) is 0 Å². The number of hydrogen-bond acceptors (Lipinski definition) is 4. The van der Waals surface area contributed by atoms with Gasteiger partial charge >= 0.3 is 17.7 Å². The number of urea groups is 1. The minimum absolute atomic E-state index is 0.0367. The van der Waals surface area contributed by atoms with Gasteiger partial charge in [0.05, 0.1) is 12.3 Å². The van der Waals surface area contributed by atoms with Crippen molar-refractivity contribution in [3.05, 3.63) is 89.7 Å². The molecule has 0 bridgehead atoms. The van der Waals surface area contributed by atoms with E-state index in [1.807, 2.05) is 0 Å². The standard InChI is InChI=1S/C24H17BrF5N3O3/c25-24(29,30)36-19-11-7-17(8-12-19)31-23(34)33-13-20(14-1-5-16(26)6-2-14)21(32-33)15-3-9-18(10-4-15)35-22(27)28/h1-12,20,22H,13H2,(H,31,34). The van der Waals surface area contributed by atoms with E-state index in [-0.39, 0.29) is 18.0 Å². The van der Waals surface area contributed by atoms with Crippen LogP contribution < -0.4 is 14.8 Å². The third-order valence-electron chi connectivity index (χ3n) is 5.14. The van der Waals surface area contributed by atoms with E-state index < -0.39 is 29.4 Å². The minimum Gasteiger partial charge on any atom is -0.435 e. The maximum atomic E-state index is 13.5. The highest BCUT2D eigenvalue weighted by molar-refractivity contribution is 9.09. The second-order valence-corrected chi connectivity index (χ2v) is 8.50. The third kappa shape index (κ3) is 6.51. The van der Waals surface area contributed by atoms with Crippen molar-refractivity contribution in [3.8, 4) is 11.5 Å². The van der Waals surface area contributed by atoms with Gasteiger partial charge in [-0.05, 0) is 71.8 Å². The first kappa shape index (κ1) is 25.4. The number of nitrogens with zero attached hydrogens (tertiary/aromatic N) is 2. The van der Waals surface area contributed by atoms with E-state index in [1.165, 1.54) is 65.7 Å². The summed E-state index contributed by atoms with van der Waals surface area (Å²) in [6.45, 7) is -2.86. The number of amides is 2. The lowest BCUT2D eigenvalue weighted by molar-refractivity contribution is -0.0803. The molecule has 0 saturated heterocycles. The Bertz CT molecular complexity index is 1230. The zero-order chi connectivity index (χ0) is 25.9. The van der Waals surface area contributed by atoms with Crippen molar-refractivity contribution in [3.63, 3.8) is 0 Å². The molecule has 2 amide bonds. The molecular formula is C24H17BrF5N3O3. The van der Waals surface area contributed by atoms with E-state index in [0.717, 1.165) is 0 Å². The Morgan fingerprint density at radius 2 is 1.61 bits per heavy atom. The molecule has 0 radical (unpaired) electrons. The molecule has 188 valence electrons. The fourth-order valence-electron chi connectivity index (χ4n) is 3.58. The average molecular weight is 570 g/mol. The molecule has 36 heavy (non-hydrogen) atoms. The molecule has 1 atom stereocenters. The van der Waals surface area contributed by atoms with Crippen LogP contribution in [0.1, 0.15) is 17.0 Å². The molecular weight excluding hydrogens is 553 g/mol. The van der Waals surface area contributed by atoms with Gasteiger partial charge in [0.1, 0.15) is 17.3 Å². The van der Waals surface area contributed by atoms with Crippen LogP contribution in [0.15, 0.2) is 77.9 Å². The molecule has 1 aliphatic rings. The molecule has 1 heterocycles. The molecule has 3 aromatic rings. The molecule has 4 rings (SSSR count). The number of hydrogen-bond donors (Lipinski definition) is 1. The molecule has 6 nitrogen and oxygen atoms in total. The quantitative estimate of drug-likeness (QED) is 0.252. The predicted octanol–water partition coefficient (Wildman–Crippen LogP) is 6.79. The van der Waals surface area contributed by atoms with Gasteiger partial charge in [0, 0.05) is 27.5 Å². The Hall–Kier alpha value is -3.67. The maximum Gasteiger partial charge on any atom is 0.459 e. The van der Waals surface area contributed by atoms with Crippen LogP contribution in [0.5, 0.6) is 11.5 Å². The van der Waals surface area contributed by atoms with Crippen LogP contribution in [0.25, 0.3) is 0 Å². The summed E-state index contributed by atoms with van der Waals surface area (Å²) >= 11 is 2.08. The SMILES string of the molecule is O=C(Nc1ccc(OC(F)(F)Br)cc1)N1CC(c2ccc(F)cc2)C(c2ccc(OC(F)F)cc2)=N1. The van der Waals surface area contributed by atoms with Gasteiger partial charge in [0.25, 0.3) is 0 Å². The number of alkyl halides is 5. The van der Waals surface area contributed by atoms with Gasteiger partial charge < -0.3 is 14.8 Å². The third-order valence-corrected chi connectivity index (χ3v) is 5.30. The van der Waals surface area contributed by atoms with Crippen LogP contribution in [0, 0.1) is 5.82 Å². The summed E-state index contributed by atoms with van der Waals surface area (Å²) in [7, 11) is 0. The summed E-state index contributed by atoms with van der Waals surface area (Å²) in [6.07, 6.45) is 0. The summed E-state index contributed by atoms with van der Waals surface area (Å²) in [6, 6.07) is 16.2. The van der Waals surface area contributed by atoms with Crippen molar-refractivity contribution >= 4 is 33.4 Å². The van der Waals surface area contributed by atoms with Crippen LogP contribution in [0.4, 0.5) is 32.4 Å². The maximum absolute atomic E-state index is 13.5. The van der Waals surface area contributed by atoms with Crippen molar-refractivity contribution in [2.24, 2.45) is 5.10 Å². The fourth-order valence-corrected chi connectivity index (χ4v) is 3.77. The summed E-state index contributed by atoms with van der Waals surface area (Å²) in [5.41, 5.74) is 2.01. The molecule has 0 fully saturated rings. The van der Waals surface area contributed by atoms with E-state index in [1.54, 1.807) is 12.1 Å². The first-order valence-electron chi connectivity index (χ1n) is 10.4. The molecule has 1 aliphatic heterocycles. The van der Waals surface area contributed by atoms with Crippen molar-refractivity contribution in [2.45, 2.75) is 17.5 Å². The topological polar surface area (TPSA) is 63.2 Å². The summed E-state index contributed by atoms with van der Waals surface area (Å²) < 4.78 is 73.0. The lowest BCUT2D eigenvalue weighted by Gasteiger charge is -2.16. The highest BCUT2D eigenvalue weighted by atomic mass is 79.9. The van der Waals surface area contributed by atoms with E-state index in [2.05, 4.69) is 35.8 Å². The zero-order valence-corrected chi connectivity index (χ0v) is 19.8. The first-order valence-corrected chi connectivity index (χ1v) is 11.2. The number of rotatable bonds is 7. The number of anilines is 1. The Morgan fingerprint density at radius 3 is 2.19 bits per heavy atom. The largest absolute Gasteiger partial charge is 0.459 e. The van der Waals surface area contributed by atoms with Crippen LogP contribution in [0.2, 0.25) is 0 Å². The monoisotopic (exact) mass is 569 g/mol. The second-order valence-electron chi connectivity index (χ2n) is 7.58. The minimum atomic E-state index is -3.53. The molecule has 1 N–H and O–H groups in total. The molecule has 0 aromatic heterocycles. The number of carbonyl (C=O) groups is 1. The molecule has 0 spiro atoms. The summed E-state index contributed by atoms with van der Waals surface area (Å²) in [4.78, 5) is 12.9. The van der Waals surface area contributed by atoms with Crippen LogP contribution in [-0.2, 0) is 0 Å². The zero-order valence-electron chi connectivity index (χ0n) is 18.2. The van der Waals surface area contributed by atoms with E-state index in [4.69, 9.17) is 0 Å². The first-order chi connectivity index (χ1) is 17.1. The highest BCUT2D eigenvalue weighted by Gasteiger charge is 2.32. The molecule has 0 saturated carbocycles. The average Bonchev–Trinajstić information content (AvgIpc) is 3.26. The van der Waals surface area contributed by atoms with Crippen molar-refractivity contribution < 1.29 is 36.2 Å². The smallest absolute Gasteiger partial charge is 0.435 e. The van der Waals surface area contributed by atoms with Gasteiger partial charge in [-0.2, -0.15) is 22.7 Å². The van der Waals surface area contributed by atoms with Crippen LogP contribution in [-0.4, -0.2) is 34.9 Å². The Kier molecular flexibility index (Phi) is 7.43. The normalized spacial score (nSPS) is 15.6. The van der Waals surface area contributed by atoms with Crippen LogP contribution >= 0.6 is 15.9 Å². The van der Waals surface area contributed by atoms with Gasteiger partial charge in [-0.25, -0.2) is 14.2 Å². The Morgan fingerprint density at radius 1 is 1.00 bits per heavy atom. The van der Waals surface area contributed by atoms with Gasteiger partial charge in [-0.3, -0.25) is 0 Å². The van der Waals surface area contributed by atoms with Gasteiger partial charge in [-0.1, -0.05) is 12.1 Å². The van der Waals surface area contributed by atoms with E-state index in [9.17, 15) is 26.7 Å². The van der Waals surface area contributed by atoms with E-state index >= 15 is 0 Å². The molecule has 1 unspecified atom stereocenters. The number of nitrogens with one attached hydrogen (secondary N) is 1. The Labute approximate surface area is 210 Å². The molecule has 0 aliphatic carbocycles. The number of hydrazone groups is 1. The Balaban J connectivity index is 1.55. The van der Waals surface area contributed by atoms with Crippen molar-refractivity contribution in [2.75, 3.05) is 11.9 Å². The van der Waals surface area contributed by atoms with Gasteiger partial charge in [0.15, 0.2) is 0 Å². The second kappa shape index (κ2) is 10.5. The fraction of sp³-hybridized carbons (Fsp3) is 0.167. The van der Waals surface area contributed by atoms with Gasteiger partial charge in [0.2, 0.25) is 0 Å². The number of ether oxygens (including phenoxy) is 2. The van der Waals surface area contributed by atoms with Crippen molar-refractivity contribution in [1.82, 2.24) is 5.01 Å². The lowest BCUT2D eigenvalue weighted by Crippen LogP contribution is -2.30. The van der Waals surface area contributed by atoms with E-state index in [0.29, 0.717) is 22.5 Å². The number of carbonyl (C=O) groups excluding carboxylic acids is 1. The highest BCUT2D eigenvalue weighted by Crippen LogP contribution is 2.31. The van der Waals surface area contributed by atoms with Crippen LogP contribution in [0.3, 0.4) is 0 Å².